The fraction of sp³-hybridized carbons (Fsp3) is 0.217. The number of hydrogen-bond donors (Lipinski definition) is 3. The quantitative estimate of drug-likeness (QED) is 0.377. The summed E-state index contributed by atoms with van der Waals surface area (Å²) >= 11 is 12.7. The molecule has 4 rings (SSSR count). The number of nitrogens with zero attached hydrogens (tertiary/aromatic N) is 1. The number of hydrogen-bond acceptors (Lipinski definition) is 4. The molecule has 11 heteroatoms. The van der Waals surface area contributed by atoms with Crippen LogP contribution in [0.1, 0.15) is 28.2 Å². The molecule has 1 aliphatic rings. The SMILES string of the molecule is CN1Cc2c(Cl)cc(Cl)cc2C(c2cccc(S(=O)(=O)Nc3ccc(CP(=O)(O)O)cc3)c2)C1. The van der Waals surface area contributed by atoms with Gasteiger partial charge in [-0.2, -0.15) is 0 Å². The van der Waals surface area contributed by atoms with Gasteiger partial charge in [0.15, 0.2) is 0 Å². The lowest BCUT2D eigenvalue weighted by Gasteiger charge is -2.33. The van der Waals surface area contributed by atoms with E-state index in [4.69, 9.17) is 33.0 Å². The van der Waals surface area contributed by atoms with Gasteiger partial charge in [-0.05, 0) is 65.7 Å². The van der Waals surface area contributed by atoms with Gasteiger partial charge in [-0.3, -0.25) is 9.29 Å². The van der Waals surface area contributed by atoms with Gasteiger partial charge in [0.2, 0.25) is 0 Å². The van der Waals surface area contributed by atoms with Gasteiger partial charge < -0.3 is 14.7 Å². The normalized spacial score (nSPS) is 16.8. The molecule has 0 aromatic heterocycles. The van der Waals surface area contributed by atoms with Crippen LogP contribution in [0.4, 0.5) is 5.69 Å². The van der Waals surface area contributed by atoms with E-state index in [0.717, 1.165) is 16.7 Å². The molecule has 180 valence electrons. The number of benzene rings is 3. The number of nitrogens with one attached hydrogen (secondary N) is 1. The largest absolute Gasteiger partial charge is 0.329 e. The van der Waals surface area contributed by atoms with Gasteiger partial charge in [0.1, 0.15) is 0 Å². The molecule has 0 saturated heterocycles. The highest BCUT2D eigenvalue weighted by Crippen LogP contribution is 2.40. The summed E-state index contributed by atoms with van der Waals surface area (Å²) in [5.74, 6) is -0.105. The zero-order chi connectivity index (χ0) is 24.7. The molecule has 0 spiro atoms. The first kappa shape index (κ1) is 25.2. The lowest BCUT2D eigenvalue weighted by Crippen LogP contribution is -2.31. The Morgan fingerprint density at radius 2 is 1.79 bits per heavy atom. The van der Waals surface area contributed by atoms with Gasteiger partial charge in [-0.25, -0.2) is 8.42 Å². The lowest BCUT2D eigenvalue weighted by molar-refractivity contribution is 0.295. The molecule has 0 amide bonds. The summed E-state index contributed by atoms with van der Waals surface area (Å²) in [6, 6.07) is 16.3. The van der Waals surface area contributed by atoms with Crippen molar-refractivity contribution in [2.75, 3.05) is 18.3 Å². The van der Waals surface area contributed by atoms with E-state index in [1.54, 1.807) is 18.2 Å². The van der Waals surface area contributed by atoms with Gasteiger partial charge in [0.25, 0.3) is 10.0 Å². The molecule has 3 N–H and O–H groups in total. The standard InChI is InChI=1S/C23H23Cl2N2O5PS/c1-27-12-21(20-10-17(24)11-23(25)22(20)13-27)16-3-2-4-19(9-16)34(31,32)26-18-7-5-15(6-8-18)14-33(28,29)30/h2-11,21,26H,12-14H2,1H3,(H2,28,29,30). The van der Waals surface area contributed by atoms with Gasteiger partial charge >= 0.3 is 7.60 Å². The Morgan fingerprint density at radius 1 is 1.09 bits per heavy atom. The van der Waals surface area contributed by atoms with E-state index >= 15 is 0 Å². The van der Waals surface area contributed by atoms with E-state index in [2.05, 4.69) is 9.62 Å². The molecule has 0 radical (unpaired) electrons. The highest BCUT2D eigenvalue weighted by Gasteiger charge is 2.28. The fourth-order valence-electron chi connectivity index (χ4n) is 4.16. The Balaban J connectivity index is 1.62. The first-order valence-corrected chi connectivity index (χ1v) is 14.4. The Bertz CT molecular complexity index is 1380. The van der Waals surface area contributed by atoms with Gasteiger partial charge in [0.05, 0.1) is 11.1 Å². The van der Waals surface area contributed by atoms with Crippen molar-refractivity contribution in [3.8, 4) is 0 Å². The highest BCUT2D eigenvalue weighted by molar-refractivity contribution is 7.92. The molecule has 3 aromatic rings. The minimum absolute atomic E-state index is 0.104. The summed E-state index contributed by atoms with van der Waals surface area (Å²) in [6.45, 7) is 1.36. The summed E-state index contributed by atoms with van der Waals surface area (Å²) in [5.41, 5.74) is 3.49. The third-order valence-corrected chi connectivity index (χ3v) is 8.37. The van der Waals surface area contributed by atoms with E-state index in [1.807, 2.05) is 19.2 Å². The lowest BCUT2D eigenvalue weighted by atomic mass is 9.85. The molecule has 34 heavy (non-hydrogen) atoms. The van der Waals surface area contributed by atoms with E-state index in [1.165, 1.54) is 30.3 Å². The molecule has 0 fully saturated rings. The second-order valence-corrected chi connectivity index (χ2v) is 12.6. The van der Waals surface area contributed by atoms with Crippen molar-refractivity contribution >= 4 is 46.5 Å². The summed E-state index contributed by atoms with van der Waals surface area (Å²) in [6.07, 6.45) is -0.409. The Labute approximate surface area is 208 Å². The summed E-state index contributed by atoms with van der Waals surface area (Å²) in [4.78, 5) is 20.4. The van der Waals surface area contributed by atoms with Crippen LogP contribution in [-0.4, -0.2) is 36.7 Å². The van der Waals surface area contributed by atoms with Crippen molar-refractivity contribution in [1.82, 2.24) is 4.90 Å². The second kappa shape index (κ2) is 9.63. The van der Waals surface area contributed by atoms with Gasteiger partial charge in [-0.1, -0.05) is 47.5 Å². The Morgan fingerprint density at radius 3 is 2.47 bits per heavy atom. The monoisotopic (exact) mass is 540 g/mol. The maximum Gasteiger partial charge on any atom is 0.329 e. The minimum Gasteiger partial charge on any atom is -0.324 e. The molecular weight excluding hydrogens is 518 g/mol. The van der Waals surface area contributed by atoms with Crippen LogP contribution in [0.5, 0.6) is 0 Å². The van der Waals surface area contributed by atoms with Crippen molar-refractivity contribution in [2.45, 2.75) is 23.5 Å². The number of rotatable bonds is 6. The zero-order valence-corrected chi connectivity index (χ0v) is 21.4. The van der Waals surface area contributed by atoms with E-state index in [0.29, 0.717) is 34.4 Å². The highest BCUT2D eigenvalue weighted by atomic mass is 35.5. The van der Waals surface area contributed by atoms with Crippen molar-refractivity contribution < 1.29 is 22.8 Å². The second-order valence-electron chi connectivity index (χ2n) is 8.40. The van der Waals surface area contributed by atoms with Crippen LogP contribution < -0.4 is 4.72 Å². The van der Waals surface area contributed by atoms with Gasteiger partial charge in [0, 0.05) is 34.7 Å². The molecule has 1 heterocycles. The van der Waals surface area contributed by atoms with Crippen LogP contribution in [0.25, 0.3) is 0 Å². The number of likely N-dealkylation sites (N-methyl/N-ethyl adjacent to an activating group) is 1. The minimum atomic E-state index is -4.20. The van der Waals surface area contributed by atoms with Crippen molar-refractivity contribution in [3.63, 3.8) is 0 Å². The van der Waals surface area contributed by atoms with E-state index < -0.39 is 23.8 Å². The summed E-state index contributed by atoms with van der Waals surface area (Å²) in [7, 11) is -6.12. The Hall–Kier alpha value is -1.90. The van der Waals surface area contributed by atoms with Crippen LogP contribution in [0, 0.1) is 0 Å². The number of sulfonamides is 1. The van der Waals surface area contributed by atoms with Crippen molar-refractivity contribution in [3.05, 3.63) is 93.0 Å². The molecule has 1 unspecified atom stereocenters. The number of anilines is 1. The van der Waals surface area contributed by atoms with E-state index in [-0.39, 0.29) is 10.8 Å². The first-order valence-electron chi connectivity index (χ1n) is 10.3. The van der Waals surface area contributed by atoms with Crippen molar-refractivity contribution in [2.24, 2.45) is 0 Å². The van der Waals surface area contributed by atoms with Crippen LogP contribution in [0.2, 0.25) is 10.0 Å². The molecule has 0 aliphatic carbocycles. The molecule has 1 aliphatic heterocycles. The molecule has 0 saturated carbocycles. The average Bonchev–Trinajstić information content (AvgIpc) is 2.74. The maximum atomic E-state index is 13.1. The van der Waals surface area contributed by atoms with Crippen LogP contribution in [0.3, 0.4) is 0 Å². The molecule has 1 atom stereocenters. The van der Waals surface area contributed by atoms with Crippen LogP contribution in [0.15, 0.2) is 65.6 Å². The molecule has 3 aromatic carbocycles. The predicted molar refractivity (Wildman–Crippen MR) is 134 cm³/mol. The van der Waals surface area contributed by atoms with Crippen molar-refractivity contribution in [1.29, 1.82) is 0 Å². The van der Waals surface area contributed by atoms with Crippen LogP contribution in [-0.2, 0) is 27.3 Å². The molecular formula is C23H23Cl2N2O5PS. The van der Waals surface area contributed by atoms with Crippen LogP contribution >= 0.6 is 30.8 Å². The predicted octanol–water partition coefficient (Wildman–Crippen LogP) is 5.05. The topological polar surface area (TPSA) is 107 Å². The first-order chi connectivity index (χ1) is 15.9. The van der Waals surface area contributed by atoms with Gasteiger partial charge in [-0.15, -0.1) is 0 Å². The smallest absolute Gasteiger partial charge is 0.324 e. The third kappa shape index (κ3) is 5.83. The molecule has 7 nitrogen and oxygen atoms in total. The summed E-state index contributed by atoms with van der Waals surface area (Å²) < 4.78 is 39.8. The zero-order valence-electron chi connectivity index (χ0n) is 18.1. The maximum absolute atomic E-state index is 13.1. The fourth-order valence-corrected chi connectivity index (χ4v) is 6.53. The van der Waals surface area contributed by atoms with E-state index in [9.17, 15) is 13.0 Å². The average molecular weight is 541 g/mol. The number of fused-ring (bicyclic) bond motifs is 1. The molecule has 0 bridgehead atoms. The number of halogens is 2. The summed E-state index contributed by atoms with van der Waals surface area (Å²) in [5, 5.41) is 1.12. The third-order valence-electron chi connectivity index (χ3n) is 5.66. The Kier molecular flexibility index (Phi) is 7.14.